The monoisotopic (exact) mass is 1210 g/mol. The van der Waals surface area contributed by atoms with Crippen LogP contribution in [0.25, 0.3) is 10.8 Å². The first-order valence-electron chi connectivity index (χ1n) is 31.8. The van der Waals surface area contributed by atoms with Crippen molar-refractivity contribution in [1.29, 1.82) is 0 Å². The molecule has 0 saturated heterocycles. The molecule has 462 valence electrons. The SMILES string of the molecule is COc1cc(C2CC(=O)CC(OC(C)=O)CCC34Cc5c[nH]cc5C(C#CCC3=CC=CC4C)C(c3cccc(O)c3)C3=CCNC(=C3)N(CCC(C)=O)c3ccc4c5c(n2cc35)CC2(CCCC2)C4O)cc(O)c1Oc1cc(O)cc(Cc2ccccc2)c1. The fraction of sp³-hybridized carbons (Fsp3) is 0.355. The molecule has 0 amide bonds. The van der Waals surface area contributed by atoms with Crippen LogP contribution in [-0.2, 0) is 38.4 Å². The third kappa shape index (κ3) is 11.5. The Bertz CT molecular complexity index is 4150. The molecule has 2 spiro atoms. The maximum atomic E-state index is 15.6. The van der Waals surface area contributed by atoms with Gasteiger partial charge in [-0.05, 0) is 151 Å². The van der Waals surface area contributed by atoms with E-state index in [1.54, 1.807) is 31.2 Å². The summed E-state index contributed by atoms with van der Waals surface area (Å²) in [5.41, 5.74) is 9.08. The summed E-state index contributed by atoms with van der Waals surface area (Å²) < 4.78 is 21.0. The molecule has 1 fully saturated rings. The second kappa shape index (κ2) is 24.6. The number of hydrogen-bond donors (Lipinski definition) is 6. The minimum Gasteiger partial charge on any atom is -0.508 e. The predicted octanol–water partition coefficient (Wildman–Crippen LogP) is 14.1. The van der Waals surface area contributed by atoms with E-state index in [0.29, 0.717) is 57.2 Å². The smallest absolute Gasteiger partial charge is 0.302 e. The molecule has 4 aliphatic carbocycles. The number of carbonyl (C=O) groups excluding carboxylic acids is 3. The number of aliphatic hydroxyl groups is 1. The lowest BCUT2D eigenvalue weighted by Crippen LogP contribution is -2.36. The number of nitrogens with zero attached hydrogens (tertiary/aromatic N) is 2. The molecule has 14 nitrogen and oxygen atoms in total. The molecule has 7 aromatic rings. The molecule has 6 aliphatic rings. The summed E-state index contributed by atoms with van der Waals surface area (Å²) in [5, 5.41) is 52.8. The van der Waals surface area contributed by atoms with Crippen LogP contribution in [0, 0.1) is 28.6 Å². The molecule has 13 rings (SSSR count). The van der Waals surface area contributed by atoms with E-state index in [9.17, 15) is 30.0 Å². The van der Waals surface area contributed by atoms with Gasteiger partial charge in [-0.2, -0.15) is 0 Å². The van der Waals surface area contributed by atoms with Gasteiger partial charge in [-0.25, -0.2) is 0 Å². The van der Waals surface area contributed by atoms with E-state index in [1.807, 2.05) is 54.6 Å². The molecule has 2 aromatic heterocycles. The molecule has 6 N–H and O–H groups in total. The third-order valence-electron chi connectivity index (χ3n) is 20.2. The van der Waals surface area contributed by atoms with Crippen molar-refractivity contribution in [3.05, 3.63) is 208 Å². The molecule has 1 saturated carbocycles. The molecule has 0 radical (unpaired) electrons. The Kier molecular flexibility index (Phi) is 16.4. The number of rotatable bonds is 11. The topological polar surface area (TPSA) is 196 Å². The van der Waals surface area contributed by atoms with E-state index in [4.69, 9.17) is 14.2 Å². The lowest BCUT2D eigenvalue weighted by Gasteiger charge is -2.43. The zero-order valence-corrected chi connectivity index (χ0v) is 51.6. The lowest BCUT2D eigenvalue weighted by atomic mass is 9.61. The minimum atomic E-state index is -0.798. The highest BCUT2D eigenvalue weighted by Gasteiger charge is 2.48. The van der Waals surface area contributed by atoms with Crippen molar-refractivity contribution in [1.82, 2.24) is 14.9 Å². The Morgan fingerprint density at radius 1 is 0.856 bits per heavy atom. The third-order valence-corrected chi connectivity index (χ3v) is 20.2. The highest BCUT2D eigenvalue weighted by Crippen LogP contribution is 2.58. The molecule has 2 aliphatic heterocycles. The first-order chi connectivity index (χ1) is 43.6. The number of dihydropyridines is 1. The minimum absolute atomic E-state index is 0.00957. The van der Waals surface area contributed by atoms with Crippen LogP contribution in [0.1, 0.15) is 154 Å². The van der Waals surface area contributed by atoms with E-state index in [1.165, 1.54) is 25.7 Å². The van der Waals surface area contributed by atoms with Crippen LogP contribution in [0.2, 0.25) is 0 Å². The highest BCUT2D eigenvalue weighted by molar-refractivity contribution is 6.00. The van der Waals surface area contributed by atoms with Gasteiger partial charge in [0.15, 0.2) is 11.5 Å². The van der Waals surface area contributed by atoms with Crippen LogP contribution in [0.4, 0.5) is 5.69 Å². The summed E-state index contributed by atoms with van der Waals surface area (Å²) in [5.74, 6) is 7.25. The Morgan fingerprint density at radius 2 is 1.69 bits per heavy atom. The first kappa shape index (κ1) is 59.8. The number of esters is 1. The largest absolute Gasteiger partial charge is 0.508 e. The fourth-order valence-electron chi connectivity index (χ4n) is 15.9. The van der Waals surface area contributed by atoms with E-state index in [2.05, 4.69) is 99.6 Å². The van der Waals surface area contributed by atoms with E-state index < -0.39 is 35.0 Å². The van der Waals surface area contributed by atoms with Crippen molar-refractivity contribution in [2.24, 2.45) is 16.7 Å². The van der Waals surface area contributed by atoms with Gasteiger partial charge >= 0.3 is 5.97 Å². The van der Waals surface area contributed by atoms with Gasteiger partial charge in [0.05, 0.1) is 30.9 Å². The van der Waals surface area contributed by atoms with Crippen molar-refractivity contribution < 1.29 is 49.0 Å². The van der Waals surface area contributed by atoms with Crippen molar-refractivity contribution in [3.8, 4) is 46.3 Å². The van der Waals surface area contributed by atoms with E-state index in [-0.39, 0.29) is 83.1 Å². The highest BCUT2D eigenvalue weighted by atomic mass is 16.5. The fourth-order valence-corrected chi connectivity index (χ4v) is 15.9. The Hall–Kier alpha value is -9.19. The van der Waals surface area contributed by atoms with E-state index >= 15 is 4.79 Å². The van der Waals surface area contributed by atoms with Crippen LogP contribution in [0.3, 0.4) is 0 Å². The molecular weight excluding hydrogens is 1130 g/mol. The Labute approximate surface area is 525 Å². The molecule has 90 heavy (non-hydrogen) atoms. The summed E-state index contributed by atoms with van der Waals surface area (Å²) in [6.07, 6.45) is 22.2. The maximum absolute atomic E-state index is 15.6. The number of aromatic amines is 1. The number of aromatic nitrogens is 2. The van der Waals surface area contributed by atoms with Gasteiger partial charge in [0.2, 0.25) is 5.75 Å². The number of aromatic hydroxyl groups is 3. The summed E-state index contributed by atoms with van der Waals surface area (Å²) >= 11 is 0. The van der Waals surface area contributed by atoms with Gasteiger partial charge in [0.25, 0.3) is 0 Å². The van der Waals surface area contributed by atoms with Gasteiger partial charge in [-0.3, -0.25) is 14.4 Å². The zero-order chi connectivity index (χ0) is 62.4. The Morgan fingerprint density at radius 3 is 2.48 bits per heavy atom. The quantitative estimate of drug-likeness (QED) is 0.0531. The molecule has 7 atom stereocenters. The first-order valence-corrected chi connectivity index (χ1v) is 31.8. The Balaban J connectivity index is 1.02. The summed E-state index contributed by atoms with van der Waals surface area (Å²) in [7, 11) is 1.50. The van der Waals surface area contributed by atoms with Gasteiger partial charge in [0.1, 0.15) is 40.7 Å². The van der Waals surface area contributed by atoms with Crippen LogP contribution < -0.4 is 19.7 Å². The molecule has 14 heteroatoms. The number of aliphatic hydroxyl groups excluding tert-OH is 1. The average molecular weight is 1210 g/mol. The number of ketones is 2. The number of anilines is 1. The predicted molar refractivity (Wildman–Crippen MR) is 347 cm³/mol. The number of ether oxygens (including phenoxy) is 3. The second-order valence-corrected chi connectivity index (χ2v) is 25.9. The normalized spacial score (nSPS) is 23.6. The van der Waals surface area contributed by atoms with Crippen molar-refractivity contribution >= 4 is 34.0 Å². The molecule has 4 heterocycles. The van der Waals surface area contributed by atoms with Gasteiger partial charge in [-0.15, -0.1) is 0 Å². The maximum Gasteiger partial charge on any atom is 0.302 e. The molecule has 5 aromatic carbocycles. The lowest BCUT2D eigenvalue weighted by molar-refractivity contribution is -0.148. The van der Waals surface area contributed by atoms with Crippen LogP contribution in [-0.4, -0.2) is 73.8 Å². The van der Waals surface area contributed by atoms with Gasteiger partial charge in [-0.1, -0.05) is 110 Å². The number of phenolic OH excluding ortho intramolecular Hbond substituents is 3. The number of allylic oxidation sites excluding steroid dienone is 6. The summed E-state index contributed by atoms with van der Waals surface area (Å²) in [6, 6.07) is 29.0. The number of carbonyl (C=O) groups is 3. The number of fused-ring (bicyclic) bond motifs is 3. The van der Waals surface area contributed by atoms with Crippen molar-refractivity contribution in [3.63, 3.8) is 0 Å². The summed E-state index contributed by atoms with van der Waals surface area (Å²) in [4.78, 5) is 47.9. The number of phenols is 3. The molecule has 6 bridgehead atoms. The van der Waals surface area contributed by atoms with Crippen LogP contribution in [0.15, 0.2) is 163 Å². The van der Waals surface area contributed by atoms with Gasteiger partial charge < -0.3 is 54.4 Å². The van der Waals surface area contributed by atoms with Crippen molar-refractivity contribution in [2.45, 2.75) is 134 Å². The average Bonchev–Trinajstić information content (AvgIpc) is 1.53. The van der Waals surface area contributed by atoms with Crippen LogP contribution in [0.5, 0.6) is 34.5 Å². The standard InChI is InChI=1S/C76H78N4O10/c1-46-13-10-17-55-18-12-20-61-63-44-77-43-54(63)41-76(46,55)28-23-59(89-48(3)82)38-58(85)40-66(53-35-68(86)73(69(36-53)88-4)90-60-33-50(32-57(84)39-60)31-49-14-6-5-7-15-49)80-45-64-65(22-21-62-72(64)67(80)42-75(74(62)87)26-8-9-27-75)79(30-25-47(2)81)70-37-52(24-29-78-70)71(61)51-16-11-19-56(83)34-51/h5-7,10-11,13-17,19,21-22,24,32-37,39,43-46,59,61,66,71,74,77-78,83-84,86-87H,8-9,18,23,25-31,38,40-42H2,1-4H3. The number of hydrogen-bond acceptors (Lipinski definition) is 12. The van der Waals surface area contributed by atoms with Crippen molar-refractivity contribution in [2.75, 3.05) is 25.1 Å². The zero-order valence-electron chi connectivity index (χ0n) is 51.6. The second-order valence-electron chi connectivity index (χ2n) is 25.9. The molecule has 7 unspecified atom stereocenters. The number of H-pyrrole nitrogens is 1. The van der Waals surface area contributed by atoms with E-state index in [0.717, 1.165) is 92.6 Å². The van der Waals surface area contributed by atoms with Crippen LogP contribution >= 0.6 is 0 Å². The van der Waals surface area contributed by atoms with Gasteiger partial charge in [0, 0.05) is 104 Å². The number of Topliss-reactive ketones (excluding diaryl/α,β-unsaturated/α-hetero) is 2. The number of nitrogens with one attached hydrogen (secondary N) is 2. The summed E-state index contributed by atoms with van der Waals surface area (Å²) in [6.45, 7) is 5.97. The number of methoxy groups -OCH3 is 1. The molecular formula is C76H78N4O10. The number of benzene rings is 5.